The van der Waals surface area contributed by atoms with Crippen LogP contribution >= 0.6 is 0 Å². The second kappa shape index (κ2) is 13.0. The quantitative estimate of drug-likeness (QED) is 0.0873. The van der Waals surface area contributed by atoms with Crippen LogP contribution in [0.15, 0.2) is 97.1 Å². The fourth-order valence-corrected chi connectivity index (χ4v) is 12.2. The number of carbonyl (C=O) groups excluding carboxylic acids is 8. The molecule has 10 aromatic rings. The van der Waals surface area contributed by atoms with Crippen molar-refractivity contribution in [1.29, 1.82) is 0 Å². The molecular weight excluding hydrogens is 857 g/mol. The first kappa shape index (κ1) is 38.6. The molecule has 326 valence electrons. The normalized spacial score (nSPS) is 16.0. The summed E-state index contributed by atoms with van der Waals surface area (Å²) in [6.07, 6.45) is 1.27. The third-order valence-electron chi connectivity index (χ3n) is 15.0. The maximum atomic E-state index is 14.5. The van der Waals surface area contributed by atoms with Crippen LogP contribution in [0.4, 0.5) is 0 Å². The second-order valence-electron chi connectivity index (χ2n) is 18.3. The van der Waals surface area contributed by atoms with Crippen LogP contribution < -0.4 is 0 Å². The summed E-state index contributed by atoms with van der Waals surface area (Å²) >= 11 is 0. The fourth-order valence-electron chi connectivity index (χ4n) is 12.2. The second-order valence-corrected chi connectivity index (χ2v) is 18.3. The SMILES string of the molecule is CCCN1C(=O)c2ccc3c4ccc5c6c(ccc(c7ccc(c2c37)C1=O)c64)C(=O)N(CCN1C(=O)c2ccc3c4ccc6c7c(ccc(c8ccc(c2c38)C1=O)c74)C(=O)N(CCC)C6=O)C5=O. The molecule has 10 aromatic carbocycles. The van der Waals surface area contributed by atoms with Gasteiger partial charge in [-0.2, -0.15) is 0 Å². The molecule has 0 spiro atoms. The fraction of sp³-hybridized carbons (Fsp3) is 0.143. The lowest BCUT2D eigenvalue weighted by atomic mass is 9.82. The van der Waals surface area contributed by atoms with Crippen molar-refractivity contribution >= 4 is 133 Å². The molecule has 0 aliphatic carbocycles. The zero-order chi connectivity index (χ0) is 46.3. The Kier molecular flexibility index (Phi) is 7.40. The molecule has 0 N–H and O–H groups in total. The number of fused-ring (bicyclic) bond motifs is 4. The lowest BCUT2D eigenvalue weighted by Gasteiger charge is -2.32. The van der Waals surface area contributed by atoms with E-state index in [1.54, 1.807) is 48.5 Å². The minimum absolute atomic E-state index is 0.244. The van der Waals surface area contributed by atoms with Gasteiger partial charge in [0.1, 0.15) is 0 Å². The molecule has 0 aromatic heterocycles. The summed E-state index contributed by atoms with van der Waals surface area (Å²) in [7, 11) is 0. The van der Waals surface area contributed by atoms with Crippen molar-refractivity contribution in [2.45, 2.75) is 26.7 Å². The average Bonchev–Trinajstić information content (AvgIpc) is 3.35. The van der Waals surface area contributed by atoms with E-state index in [0.717, 1.165) is 74.4 Å². The lowest BCUT2D eigenvalue weighted by Crippen LogP contribution is -2.48. The summed E-state index contributed by atoms with van der Waals surface area (Å²) in [5, 5.41) is 11.5. The van der Waals surface area contributed by atoms with Crippen LogP contribution in [0.25, 0.3) is 86.2 Å². The van der Waals surface area contributed by atoms with E-state index in [1.165, 1.54) is 9.80 Å². The monoisotopic (exact) mass is 890 g/mol. The summed E-state index contributed by atoms with van der Waals surface area (Å²) in [6, 6.07) is 28.7. The number of amides is 8. The number of carbonyl (C=O) groups is 8. The van der Waals surface area contributed by atoms with Crippen molar-refractivity contribution in [3.63, 3.8) is 0 Å². The van der Waals surface area contributed by atoms with E-state index >= 15 is 0 Å². The van der Waals surface area contributed by atoms with Gasteiger partial charge in [0.15, 0.2) is 0 Å². The minimum atomic E-state index is -0.550. The Bertz CT molecular complexity index is 3700. The van der Waals surface area contributed by atoms with Crippen LogP contribution in [0.5, 0.6) is 0 Å². The Balaban J connectivity index is 0.826. The zero-order valence-corrected chi connectivity index (χ0v) is 36.5. The summed E-state index contributed by atoms with van der Waals surface area (Å²) in [5.41, 5.74) is 3.08. The number of hydrogen-bond donors (Lipinski definition) is 0. The molecule has 0 saturated carbocycles. The van der Waals surface area contributed by atoms with E-state index in [-0.39, 0.29) is 36.7 Å². The van der Waals surface area contributed by atoms with Gasteiger partial charge in [-0.15, -0.1) is 0 Å². The van der Waals surface area contributed by atoms with Gasteiger partial charge in [-0.3, -0.25) is 58.0 Å². The molecule has 4 heterocycles. The van der Waals surface area contributed by atoms with Gasteiger partial charge in [0.25, 0.3) is 47.3 Å². The first-order valence-corrected chi connectivity index (χ1v) is 22.9. The van der Waals surface area contributed by atoms with E-state index in [2.05, 4.69) is 0 Å². The lowest BCUT2D eigenvalue weighted by molar-refractivity contribution is 0.0514. The van der Waals surface area contributed by atoms with Gasteiger partial charge in [0.05, 0.1) is 0 Å². The van der Waals surface area contributed by atoms with Gasteiger partial charge in [-0.05, 0) is 126 Å². The summed E-state index contributed by atoms with van der Waals surface area (Å²) < 4.78 is 0. The van der Waals surface area contributed by atoms with Crippen molar-refractivity contribution in [1.82, 2.24) is 19.6 Å². The van der Waals surface area contributed by atoms with Crippen LogP contribution in [0.2, 0.25) is 0 Å². The zero-order valence-electron chi connectivity index (χ0n) is 36.5. The predicted molar refractivity (Wildman–Crippen MR) is 257 cm³/mol. The molecule has 12 heteroatoms. The Morgan fingerprint density at radius 2 is 0.397 bits per heavy atom. The Labute approximate surface area is 384 Å². The third kappa shape index (κ3) is 4.45. The number of benzene rings is 10. The molecule has 4 aliphatic rings. The third-order valence-corrected chi connectivity index (χ3v) is 15.0. The van der Waals surface area contributed by atoms with Gasteiger partial charge in [-0.25, -0.2) is 0 Å². The average molecular weight is 891 g/mol. The highest BCUT2D eigenvalue weighted by Gasteiger charge is 2.40. The van der Waals surface area contributed by atoms with Gasteiger partial charge < -0.3 is 0 Å². The molecule has 0 bridgehead atoms. The molecule has 0 radical (unpaired) electrons. The van der Waals surface area contributed by atoms with Crippen molar-refractivity contribution in [3.8, 4) is 0 Å². The molecule has 68 heavy (non-hydrogen) atoms. The molecule has 0 saturated heterocycles. The smallest absolute Gasteiger partial charge is 0.261 e. The largest absolute Gasteiger partial charge is 0.274 e. The maximum absolute atomic E-state index is 14.5. The van der Waals surface area contributed by atoms with Crippen molar-refractivity contribution in [2.24, 2.45) is 0 Å². The minimum Gasteiger partial charge on any atom is -0.274 e. The maximum Gasteiger partial charge on any atom is 0.261 e. The van der Waals surface area contributed by atoms with E-state index < -0.39 is 23.6 Å². The van der Waals surface area contributed by atoms with E-state index in [1.807, 2.05) is 62.4 Å². The molecule has 0 fully saturated rings. The van der Waals surface area contributed by atoms with E-state index in [4.69, 9.17) is 0 Å². The molecule has 12 nitrogen and oxygen atoms in total. The van der Waals surface area contributed by atoms with Gasteiger partial charge >= 0.3 is 0 Å². The highest BCUT2D eigenvalue weighted by molar-refractivity contribution is 6.43. The van der Waals surface area contributed by atoms with Crippen LogP contribution in [0.1, 0.15) is 110 Å². The molecule has 14 rings (SSSR count). The Morgan fingerprint density at radius 3 is 0.559 bits per heavy atom. The molecule has 8 amide bonds. The van der Waals surface area contributed by atoms with Gasteiger partial charge in [-0.1, -0.05) is 62.4 Å². The highest BCUT2D eigenvalue weighted by Crippen LogP contribution is 2.48. The van der Waals surface area contributed by atoms with Crippen molar-refractivity contribution in [3.05, 3.63) is 142 Å². The van der Waals surface area contributed by atoms with E-state index in [9.17, 15) is 38.4 Å². The summed E-state index contributed by atoms with van der Waals surface area (Å²) in [5.74, 6) is -3.52. The predicted octanol–water partition coefficient (Wildman–Crippen LogP) is 9.69. The number of hydrogen-bond acceptors (Lipinski definition) is 8. The van der Waals surface area contributed by atoms with Gasteiger partial charge in [0.2, 0.25) is 0 Å². The molecular formula is C56H34N4O8. The van der Waals surface area contributed by atoms with Crippen molar-refractivity contribution in [2.75, 3.05) is 26.2 Å². The first-order valence-electron chi connectivity index (χ1n) is 22.9. The summed E-state index contributed by atoms with van der Waals surface area (Å²) in [6.45, 7) is 3.99. The Hall–Kier alpha value is -8.64. The van der Waals surface area contributed by atoms with Crippen LogP contribution in [0.3, 0.4) is 0 Å². The van der Waals surface area contributed by atoms with Crippen LogP contribution in [-0.4, -0.2) is 93.0 Å². The standard InChI is InChI=1S/C56H34N4O8/c1-3-21-57-49(61)33-13-5-25-29-9-17-37-47-38(18-10-30(43(29)47)26-6-14-34(50(57)62)45(33)41(25)26)54(66)59(53(37)65)23-24-60-55(67)39-19-11-31-27-7-15-35-46-36(52(64)58(22-4-2)51(35)63)16-8-28(42(27)46)32-12-20-40(56(60)68)48(39)44(31)32/h5-20H,3-4,21-24H2,1-2H3. The highest BCUT2D eigenvalue weighted by atomic mass is 16.2. The molecule has 0 atom stereocenters. The number of imide groups is 4. The number of rotatable bonds is 7. The molecule has 0 unspecified atom stereocenters. The van der Waals surface area contributed by atoms with Crippen LogP contribution in [0, 0.1) is 0 Å². The van der Waals surface area contributed by atoms with Gasteiger partial charge in [0, 0.05) is 92.2 Å². The molecule has 4 aliphatic heterocycles. The van der Waals surface area contributed by atoms with E-state index in [0.29, 0.717) is 92.0 Å². The number of nitrogens with zero attached hydrogens (tertiary/aromatic N) is 4. The topological polar surface area (TPSA) is 150 Å². The van der Waals surface area contributed by atoms with Crippen LogP contribution in [-0.2, 0) is 0 Å². The van der Waals surface area contributed by atoms with Crippen molar-refractivity contribution < 1.29 is 38.4 Å². The summed E-state index contributed by atoms with van der Waals surface area (Å²) in [4.78, 5) is 117. The Morgan fingerprint density at radius 1 is 0.235 bits per heavy atom. The first-order chi connectivity index (χ1) is 33.0.